The van der Waals surface area contributed by atoms with Gasteiger partial charge in [0.2, 0.25) is 0 Å². The third kappa shape index (κ3) is 6.38. The second-order valence-corrected chi connectivity index (χ2v) is 5.53. The Morgan fingerprint density at radius 3 is 2.76 bits per heavy atom. The van der Waals surface area contributed by atoms with E-state index in [1.54, 1.807) is 17.5 Å². The standard InChI is InChI=1S/C14H19N5S.HI/c1-3-15-14(18-8-12-6-4-5-7-16-12)19-10-13-9-17-11(2)20-13;/h4-7,9H,3,8,10H2,1-2H3,(H2,15,18,19);1H. The number of nitrogens with one attached hydrogen (secondary N) is 2. The van der Waals surface area contributed by atoms with Crippen molar-refractivity contribution in [2.24, 2.45) is 4.99 Å². The zero-order chi connectivity index (χ0) is 14.2. The Morgan fingerprint density at radius 1 is 1.29 bits per heavy atom. The molecule has 0 bridgehead atoms. The molecule has 2 aromatic rings. The van der Waals surface area contributed by atoms with E-state index < -0.39 is 0 Å². The molecule has 0 amide bonds. The maximum atomic E-state index is 4.52. The first-order chi connectivity index (χ1) is 9.78. The molecule has 0 saturated carbocycles. The van der Waals surface area contributed by atoms with Crippen molar-refractivity contribution in [3.05, 3.63) is 46.2 Å². The number of guanidine groups is 1. The van der Waals surface area contributed by atoms with Crippen molar-refractivity contribution in [1.82, 2.24) is 20.6 Å². The molecular weight excluding hydrogens is 397 g/mol. The van der Waals surface area contributed by atoms with Gasteiger partial charge in [-0.15, -0.1) is 35.3 Å². The Kier molecular flexibility index (Phi) is 8.21. The molecule has 0 aliphatic rings. The summed E-state index contributed by atoms with van der Waals surface area (Å²) in [4.78, 5) is 14.2. The second-order valence-electron chi connectivity index (χ2n) is 4.22. The van der Waals surface area contributed by atoms with Gasteiger partial charge in [0.1, 0.15) is 0 Å². The second kappa shape index (κ2) is 9.67. The summed E-state index contributed by atoms with van der Waals surface area (Å²) in [6, 6.07) is 5.85. The number of pyridine rings is 1. The van der Waals surface area contributed by atoms with Crippen LogP contribution in [-0.4, -0.2) is 22.5 Å². The number of halogens is 1. The van der Waals surface area contributed by atoms with Gasteiger partial charge in [0.25, 0.3) is 0 Å². The average Bonchev–Trinajstić information content (AvgIpc) is 2.89. The van der Waals surface area contributed by atoms with Gasteiger partial charge in [-0.25, -0.2) is 9.98 Å². The van der Waals surface area contributed by atoms with E-state index >= 15 is 0 Å². The maximum absolute atomic E-state index is 4.52. The maximum Gasteiger partial charge on any atom is 0.191 e. The molecule has 2 aromatic heterocycles. The summed E-state index contributed by atoms with van der Waals surface area (Å²) in [5.41, 5.74) is 0.957. The van der Waals surface area contributed by atoms with E-state index in [0.29, 0.717) is 6.54 Å². The minimum absolute atomic E-state index is 0. The SMILES string of the molecule is CCNC(=NCc1ccccn1)NCc1cnc(C)s1.I. The van der Waals surface area contributed by atoms with E-state index in [9.17, 15) is 0 Å². The molecule has 2 N–H and O–H groups in total. The zero-order valence-electron chi connectivity index (χ0n) is 12.2. The molecule has 0 unspecified atom stereocenters. The van der Waals surface area contributed by atoms with Crippen LogP contribution < -0.4 is 10.6 Å². The summed E-state index contributed by atoms with van der Waals surface area (Å²) in [7, 11) is 0. The number of aliphatic imine (C=N–C) groups is 1. The third-order valence-corrected chi connectivity index (χ3v) is 3.48. The molecule has 0 fully saturated rings. The fourth-order valence-electron chi connectivity index (χ4n) is 1.65. The molecule has 2 heterocycles. The van der Waals surface area contributed by atoms with Crippen molar-refractivity contribution < 1.29 is 0 Å². The number of thiazole rings is 1. The minimum atomic E-state index is 0. The van der Waals surface area contributed by atoms with Crippen LogP contribution in [0.15, 0.2) is 35.6 Å². The van der Waals surface area contributed by atoms with Gasteiger partial charge < -0.3 is 10.6 Å². The molecule has 7 heteroatoms. The highest BCUT2D eigenvalue weighted by molar-refractivity contribution is 14.0. The molecule has 0 atom stereocenters. The molecule has 0 radical (unpaired) electrons. The highest BCUT2D eigenvalue weighted by atomic mass is 127. The van der Waals surface area contributed by atoms with Crippen LogP contribution in [0.3, 0.4) is 0 Å². The van der Waals surface area contributed by atoms with Crippen LogP contribution in [-0.2, 0) is 13.1 Å². The molecule has 2 rings (SSSR count). The normalized spacial score (nSPS) is 10.9. The summed E-state index contributed by atoms with van der Waals surface area (Å²) in [5.74, 6) is 0.796. The topological polar surface area (TPSA) is 62.2 Å². The molecule has 114 valence electrons. The average molecular weight is 417 g/mol. The summed E-state index contributed by atoms with van der Waals surface area (Å²) in [6.45, 7) is 6.19. The van der Waals surface area contributed by atoms with E-state index in [4.69, 9.17) is 0 Å². The summed E-state index contributed by atoms with van der Waals surface area (Å²) in [5, 5.41) is 7.61. The van der Waals surface area contributed by atoms with Crippen molar-refractivity contribution in [3.63, 3.8) is 0 Å². The van der Waals surface area contributed by atoms with Gasteiger partial charge >= 0.3 is 0 Å². The summed E-state index contributed by atoms with van der Waals surface area (Å²) in [6.07, 6.45) is 3.68. The Balaban J connectivity index is 0.00000220. The van der Waals surface area contributed by atoms with Crippen molar-refractivity contribution in [2.45, 2.75) is 26.9 Å². The minimum Gasteiger partial charge on any atom is -0.357 e. The molecule has 0 aromatic carbocycles. The van der Waals surface area contributed by atoms with Crippen LogP contribution in [0, 0.1) is 6.92 Å². The lowest BCUT2D eigenvalue weighted by molar-refractivity contribution is 0.818. The highest BCUT2D eigenvalue weighted by Gasteiger charge is 2.01. The smallest absolute Gasteiger partial charge is 0.191 e. The summed E-state index contributed by atoms with van der Waals surface area (Å²) < 4.78 is 0. The first-order valence-corrected chi connectivity index (χ1v) is 7.43. The van der Waals surface area contributed by atoms with E-state index in [2.05, 4.69) is 32.5 Å². The van der Waals surface area contributed by atoms with Gasteiger partial charge in [0.15, 0.2) is 5.96 Å². The Hall–Kier alpha value is -1.22. The zero-order valence-corrected chi connectivity index (χ0v) is 15.3. The Bertz CT molecular complexity index is 556. The lowest BCUT2D eigenvalue weighted by atomic mass is 10.3. The predicted molar refractivity (Wildman–Crippen MR) is 98.2 cm³/mol. The number of rotatable bonds is 5. The van der Waals surface area contributed by atoms with Crippen LogP contribution in [0.4, 0.5) is 0 Å². The van der Waals surface area contributed by atoms with Crippen LogP contribution in [0.2, 0.25) is 0 Å². The van der Waals surface area contributed by atoms with E-state index in [-0.39, 0.29) is 24.0 Å². The van der Waals surface area contributed by atoms with Crippen molar-refractivity contribution in [2.75, 3.05) is 6.54 Å². The molecule has 0 spiro atoms. The van der Waals surface area contributed by atoms with E-state index in [0.717, 1.165) is 29.8 Å². The fraction of sp³-hybridized carbons (Fsp3) is 0.357. The molecule has 21 heavy (non-hydrogen) atoms. The highest BCUT2D eigenvalue weighted by Crippen LogP contribution is 2.10. The largest absolute Gasteiger partial charge is 0.357 e. The molecular formula is C14H20IN5S. The van der Waals surface area contributed by atoms with Gasteiger partial charge in [-0.1, -0.05) is 6.07 Å². The first-order valence-electron chi connectivity index (χ1n) is 6.61. The van der Waals surface area contributed by atoms with Crippen molar-refractivity contribution in [3.8, 4) is 0 Å². The third-order valence-electron chi connectivity index (χ3n) is 2.57. The molecule has 0 aliphatic carbocycles. The van der Waals surface area contributed by atoms with E-state index in [1.165, 1.54) is 4.88 Å². The van der Waals surface area contributed by atoms with Crippen LogP contribution in [0.1, 0.15) is 22.5 Å². The van der Waals surface area contributed by atoms with Gasteiger partial charge in [-0.2, -0.15) is 0 Å². The van der Waals surface area contributed by atoms with Gasteiger partial charge in [0.05, 0.1) is 23.8 Å². The fourth-order valence-corrected chi connectivity index (χ4v) is 2.39. The van der Waals surface area contributed by atoms with Gasteiger partial charge in [-0.3, -0.25) is 4.98 Å². The number of hydrogen-bond acceptors (Lipinski definition) is 4. The number of aryl methyl sites for hydroxylation is 1. The lowest BCUT2D eigenvalue weighted by Gasteiger charge is -2.10. The van der Waals surface area contributed by atoms with Gasteiger partial charge in [0, 0.05) is 23.8 Å². The number of nitrogens with zero attached hydrogens (tertiary/aromatic N) is 3. The first kappa shape index (κ1) is 17.8. The molecule has 0 saturated heterocycles. The lowest BCUT2D eigenvalue weighted by Crippen LogP contribution is -2.36. The quantitative estimate of drug-likeness (QED) is 0.446. The van der Waals surface area contributed by atoms with Crippen LogP contribution >= 0.6 is 35.3 Å². The molecule has 0 aliphatic heterocycles. The Morgan fingerprint density at radius 2 is 2.14 bits per heavy atom. The van der Waals surface area contributed by atoms with Crippen LogP contribution in [0.5, 0.6) is 0 Å². The number of hydrogen-bond donors (Lipinski definition) is 2. The van der Waals surface area contributed by atoms with Crippen molar-refractivity contribution in [1.29, 1.82) is 0 Å². The van der Waals surface area contributed by atoms with E-state index in [1.807, 2.05) is 31.3 Å². The molecule has 5 nitrogen and oxygen atoms in total. The monoisotopic (exact) mass is 417 g/mol. The van der Waals surface area contributed by atoms with Gasteiger partial charge in [-0.05, 0) is 26.0 Å². The number of aromatic nitrogens is 2. The summed E-state index contributed by atoms with van der Waals surface area (Å²) >= 11 is 1.69. The van der Waals surface area contributed by atoms with Crippen molar-refractivity contribution >= 4 is 41.3 Å². The predicted octanol–water partition coefficient (Wildman–Crippen LogP) is 2.72. The Labute approximate surface area is 146 Å². The van der Waals surface area contributed by atoms with Crippen LogP contribution in [0.25, 0.3) is 0 Å².